The van der Waals surface area contributed by atoms with E-state index in [-0.39, 0.29) is 5.69 Å². The Balaban J connectivity index is 1.67. The number of anilines is 2. The first-order chi connectivity index (χ1) is 12.3. The maximum Gasteiger partial charge on any atom is 0.419 e. The number of nitrogens with one attached hydrogen (secondary N) is 1. The quantitative estimate of drug-likeness (QED) is 0.598. The monoisotopic (exact) mass is 387 g/mol. The van der Waals surface area contributed by atoms with Gasteiger partial charge in [0.1, 0.15) is 19.3 Å². The van der Waals surface area contributed by atoms with Gasteiger partial charge in [0.05, 0.1) is 34.3 Å². The zero-order chi connectivity index (χ0) is 18.9. The number of pyridine rings is 1. The van der Waals surface area contributed by atoms with Gasteiger partial charge in [0.2, 0.25) is 0 Å². The van der Waals surface area contributed by atoms with Crippen molar-refractivity contribution < 1.29 is 23.1 Å². The highest BCUT2D eigenvalue weighted by Crippen LogP contribution is 2.31. The third kappa shape index (κ3) is 3.82. The number of aromatic nitrogens is 1. The van der Waals surface area contributed by atoms with E-state index in [1.165, 1.54) is 18.2 Å². The molecule has 1 aliphatic heterocycles. The predicted molar refractivity (Wildman–Crippen MR) is 90.5 cm³/mol. The van der Waals surface area contributed by atoms with Crippen LogP contribution in [0.25, 0.3) is 0 Å². The van der Waals surface area contributed by atoms with Crippen LogP contribution in [0.5, 0.6) is 0 Å². The van der Waals surface area contributed by atoms with Crippen molar-refractivity contribution in [3.8, 4) is 0 Å². The fourth-order valence-electron chi connectivity index (χ4n) is 2.84. The number of hydrogen-bond donors (Lipinski definition) is 0. The average Bonchev–Trinajstić information content (AvgIpc) is 2.61. The van der Waals surface area contributed by atoms with Gasteiger partial charge >= 0.3 is 6.18 Å². The summed E-state index contributed by atoms with van der Waals surface area (Å²) in [6, 6.07) is 6.78. The fourth-order valence-corrected chi connectivity index (χ4v) is 3.14. The van der Waals surface area contributed by atoms with E-state index in [4.69, 9.17) is 11.6 Å². The minimum Gasteiger partial charge on any atom is -0.362 e. The number of nitrogens with zero attached hydrogens (tertiary/aromatic N) is 3. The Morgan fingerprint density at radius 2 is 1.73 bits per heavy atom. The zero-order valence-corrected chi connectivity index (χ0v) is 14.2. The zero-order valence-electron chi connectivity index (χ0n) is 13.5. The van der Waals surface area contributed by atoms with Crippen LogP contribution < -0.4 is 14.8 Å². The summed E-state index contributed by atoms with van der Waals surface area (Å²) in [6.07, 6.45) is -3.42. The number of H-pyrrole nitrogens is 1. The minimum atomic E-state index is -4.37. The molecule has 1 aromatic heterocycles. The molecule has 1 saturated heterocycles. The van der Waals surface area contributed by atoms with Gasteiger partial charge in [-0.15, -0.1) is 0 Å². The molecule has 0 bridgehead atoms. The number of benzene rings is 1. The average molecular weight is 388 g/mol. The lowest BCUT2D eigenvalue weighted by molar-refractivity contribution is -0.384. The molecule has 3 rings (SSSR count). The van der Waals surface area contributed by atoms with Crippen LogP contribution in [0.4, 0.5) is 30.4 Å². The van der Waals surface area contributed by atoms with E-state index >= 15 is 0 Å². The van der Waals surface area contributed by atoms with Gasteiger partial charge in [-0.25, -0.2) is 4.98 Å². The number of aromatic amines is 1. The lowest BCUT2D eigenvalue weighted by atomic mass is 10.2. The number of halogens is 4. The molecule has 0 spiro atoms. The van der Waals surface area contributed by atoms with E-state index in [1.54, 1.807) is 6.07 Å². The van der Waals surface area contributed by atoms with Crippen molar-refractivity contribution in [3.05, 3.63) is 57.2 Å². The first kappa shape index (κ1) is 18.2. The standard InChI is InChI=1S/C16H14ClF3N4O2/c17-13-9-12(24(25)26)2-3-14(13)22-5-7-23(8-6-22)15-4-1-11(10-21-15)16(18,19)20/h1-4,9-10H,5-8H2/p+1. The van der Waals surface area contributed by atoms with Crippen molar-refractivity contribution in [1.82, 2.24) is 0 Å². The van der Waals surface area contributed by atoms with Crippen LogP contribution in [-0.2, 0) is 6.18 Å². The Morgan fingerprint density at radius 1 is 1.08 bits per heavy atom. The molecular weight excluding hydrogens is 373 g/mol. The Kier molecular flexibility index (Phi) is 4.90. The van der Waals surface area contributed by atoms with Crippen molar-refractivity contribution in [2.75, 3.05) is 36.0 Å². The van der Waals surface area contributed by atoms with Crippen LogP contribution in [-0.4, -0.2) is 31.1 Å². The Hall–Kier alpha value is -2.55. The normalized spacial score (nSPS) is 15.2. The lowest BCUT2D eigenvalue weighted by Gasteiger charge is -2.33. The lowest BCUT2D eigenvalue weighted by Crippen LogP contribution is -2.48. The smallest absolute Gasteiger partial charge is 0.362 e. The number of nitro groups is 1. The summed E-state index contributed by atoms with van der Waals surface area (Å²) < 4.78 is 37.9. The number of alkyl halides is 3. The highest BCUT2D eigenvalue weighted by molar-refractivity contribution is 6.33. The molecule has 1 aliphatic rings. The highest BCUT2D eigenvalue weighted by Gasteiger charge is 2.32. The van der Waals surface area contributed by atoms with Crippen molar-refractivity contribution in [2.45, 2.75) is 6.18 Å². The summed E-state index contributed by atoms with van der Waals surface area (Å²) in [6.45, 7) is 2.34. The molecule has 0 atom stereocenters. The molecule has 6 nitrogen and oxygen atoms in total. The molecule has 1 N–H and O–H groups in total. The van der Waals surface area contributed by atoms with Gasteiger partial charge in [-0.05, 0) is 12.1 Å². The van der Waals surface area contributed by atoms with Crippen molar-refractivity contribution in [1.29, 1.82) is 0 Å². The van der Waals surface area contributed by atoms with E-state index in [0.717, 1.165) is 12.3 Å². The molecule has 26 heavy (non-hydrogen) atoms. The molecule has 0 amide bonds. The Morgan fingerprint density at radius 3 is 2.23 bits per heavy atom. The highest BCUT2D eigenvalue weighted by atomic mass is 35.5. The predicted octanol–water partition coefficient (Wildman–Crippen LogP) is 3.41. The summed E-state index contributed by atoms with van der Waals surface area (Å²) in [5.41, 5.74) is -0.0948. The molecule has 1 fully saturated rings. The second-order valence-electron chi connectivity index (χ2n) is 5.83. The second-order valence-corrected chi connectivity index (χ2v) is 6.23. The molecule has 0 radical (unpaired) electrons. The molecule has 0 aliphatic carbocycles. The van der Waals surface area contributed by atoms with Crippen LogP contribution >= 0.6 is 11.6 Å². The first-order valence-electron chi connectivity index (χ1n) is 7.78. The Bertz CT molecular complexity index is 806. The molecular formula is C16H15ClF3N4O2+. The number of hydrogen-bond acceptors (Lipinski definition) is 4. The molecule has 10 heteroatoms. The summed E-state index contributed by atoms with van der Waals surface area (Å²) in [5.74, 6) is 0.604. The van der Waals surface area contributed by atoms with Gasteiger partial charge < -0.3 is 4.90 Å². The molecule has 0 unspecified atom stereocenters. The molecule has 2 heterocycles. The summed E-state index contributed by atoms with van der Waals surface area (Å²) in [7, 11) is 0. The van der Waals surface area contributed by atoms with E-state index in [0.29, 0.717) is 42.7 Å². The van der Waals surface area contributed by atoms with Crippen LogP contribution in [0.15, 0.2) is 36.5 Å². The topological polar surface area (TPSA) is 63.8 Å². The van der Waals surface area contributed by atoms with Crippen LogP contribution in [0.2, 0.25) is 5.02 Å². The van der Waals surface area contributed by atoms with Gasteiger partial charge in [0.15, 0.2) is 0 Å². The second kappa shape index (κ2) is 6.99. The molecule has 1 aromatic carbocycles. The van der Waals surface area contributed by atoms with Crippen molar-refractivity contribution in [3.63, 3.8) is 0 Å². The first-order valence-corrected chi connectivity index (χ1v) is 8.16. The third-order valence-electron chi connectivity index (χ3n) is 4.23. The summed E-state index contributed by atoms with van der Waals surface area (Å²) in [4.78, 5) is 16.9. The fraction of sp³-hybridized carbons (Fsp3) is 0.312. The maximum absolute atomic E-state index is 12.6. The molecule has 2 aromatic rings. The summed E-state index contributed by atoms with van der Waals surface area (Å²) >= 11 is 6.15. The third-order valence-corrected chi connectivity index (χ3v) is 4.53. The van der Waals surface area contributed by atoms with Crippen LogP contribution in [0.3, 0.4) is 0 Å². The number of rotatable bonds is 3. The SMILES string of the molecule is O=[N+]([O-])c1ccc(N2CCN(c3ccc(C(F)(F)F)c[nH+]3)CC2)c(Cl)c1. The maximum atomic E-state index is 12.6. The van der Waals surface area contributed by atoms with Gasteiger partial charge in [-0.2, -0.15) is 13.2 Å². The van der Waals surface area contributed by atoms with Crippen molar-refractivity contribution in [2.24, 2.45) is 0 Å². The van der Waals surface area contributed by atoms with Gasteiger partial charge in [0, 0.05) is 18.2 Å². The van der Waals surface area contributed by atoms with Gasteiger partial charge in [-0.1, -0.05) is 11.6 Å². The minimum absolute atomic E-state index is 0.0725. The van der Waals surface area contributed by atoms with Crippen molar-refractivity contribution >= 4 is 28.8 Å². The van der Waals surface area contributed by atoms with Gasteiger partial charge in [0.25, 0.3) is 11.5 Å². The van der Waals surface area contributed by atoms with Crippen LogP contribution in [0.1, 0.15) is 5.56 Å². The number of nitro benzene ring substituents is 1. The van der Waals surface area contributed by atoms with E-state index in [9.17, 15) is 23.3 Å². The molecule has 138 valence electrons. The van der Waals surface area contributed by atoms with E-state index in [1.807, 2.05) is 9.80 Å². The number of non-ortho nitro benzene ring substituents is 1. The van der Waals surface area contributed by atoms with Crippen LogP contribution in [0, 0.1) is 10.1 Å². The van der Waals surface area contributed by atoms with E-state index < -0.39 is 16.7 Å². The largest absolute Gasteiger partial charge is 0.419 e. The van der Waals surface area contributed by atoms with Gasteiger partial charge in [-0.3, -0.25) is 15.0 Å². The van der Waals surface area contributed by atoms with E-state index in [2.05, 4.69) is 4.98 Å². The molecule has 0 saturated carbocycles. The Labute approximate surface area is 151 Å². The summed E-state index contributed by atoms with van der Waals surface area (Å²) in [5, 5.41) is 11.1. The number of piperazine rings is 1.